The van der Waals surface area contributed by atoms with Crippen molar-refractivity contribution in [1.29, 1.82) is 0 Å². The van der Waals surface area contributed by atoms with Crippen LogP contribution in [-0.2, 0) is 19.9 Å². The van der Waals surface area contributed by atoms with Gasteiger partial charge in [-0.05, 0) is 24.3 Å². The molecule has 0 spiro atoms. The van der Waals surface area contributed by atoms with Gasteiger partial charge in [-0.2, -0.15) is 0 Å². The summed E-state index contributed by atoms with van der Waals surface area (Å²) in [5, 5.41) is 4.84. The Hall–Kier alpha value is -0.920. The first kappa shape index (κ1) is 11.2. The number of sulfonamides is 1. The molecule has 7 heteroatoms. The Bertz CT molecular complexity index is 477. The van der Waals surface area contributed by atoms with Crippen molar-refractivity contribution in [2.24, 2.45) is 5.14 Å². The fourth-order valence-electron chi connectivity index (χ4n) is 0.877. The van der Waals surface area contributed by atoms with Crippen LogP contribution in [0.2, 0.25) is 0 Å². The Morgan fingerprint density at radius 3 is 1.57 bits per heavy atom. The van der Waals surface area contributed by atoms with Gasteiger partial charge < -0.3 is 0 Å². The molecule has 1 aromatic carbocycles. The largest absolute Gasteiger partial charge is 0.238 e. The average Bonchev–Trinajstić information content (AvgIpc) is 2.01. The highest BCUT2D eigenvalue weighted by Gasteiger charge is 2.10. The summed E-state index contributed by atoms with van der Waals surface area (Å²) < 4.78 is 43.7. The molecule has 5 nitrogen and oxygen atoms in total. The van der Waals surface area contributed by atoms with Crippen LogP contribution in [0, 0.1) is 0 Å². The van der Waals surface area contributed by atoms with Gasteiger partial charge in [0, 0.05) is 6.26 Å². The summed E-state index contributed by atoms with van der Waals surface area (Å²) in [7, 11) is -7.06. The minimum Gasteiger partial charge on any atom is -0.225 e. The first-order chi connectivity index (χ1) is 6.21. The number of hydrogen-bond donors (Lipinski definition) is 1. The minimum absolute atomic E-state index is 0.0601. The van der Waals surface area contributed by atoms with Gasteiger partial charge in [0.25, 0.3) is 0 Å². The SMILES string of the molecule is CS(=O)(=O)c1ccc(S(N)(=O)=O)cc1. The quantitative estimate of drug-likeness (QED) is 0.764. The van der Waals surface area contributed by atoms with Crippen molar-refractivity contribution in [2.45, 2.75) is 9.79 Å². The predicted molar refractivity (Wildman–Crippen MR) is 50.9 cm³/mol. The van der Waals surface area contributed by atoms with Crippen molar-refractivity contribution in [3.63, 3.8) is 0 Å². The Balaban J connectivity index is 3.28. The second kappa shape index (κ2) is 3.34. The molecular weight excluding hydrogens is 226 g/mol. The third-order valence-corrected chi connectivity index (χ3v) is 3.64. The van der Waals surface area contributed by atoms with E-state index < -0.39 is 19.9 Å². The average molecular weight is 235 g/mol. The fraction of sp³-hybridized carbons (Fsp3) is 0.143. The van der Waals surface area contributed by atoms with Crippen LogP contribution in [0.15, 0.2) is 34.1 Å². The van der Waals surface area contributed by atoms with Crippen LogP contribution < -0.4 is 5.14 Å². The summed E-state index contributed by atoms with van der Waals surface area (Å²) in [5.74, 6) is 0. The van der Waals surface area contributed by atoms with E-state index in [1.807, 2.05) is 0 Å². The molecule has 0 aliphatic heterocycles. The van der Waals surface area contributed by atoms with Crippen molar-refractivity contribution in [1.82, 2.24) is 0 Å². The van der Waals surface area contributed by atoms with Crippen molar-refractivity contribution in [3.05, 3.63) is 24.3 Å². The predicted octanol–water partition coefficient (Wildman–Crippen LogP) is -0.262. The lowest BCUT2D eigenvalue weighted by atomic mass is 10.4. The van der Waals surface area contributed by atoms with Crippen molar-refractivity contribution in [2.75, 3.05) is 6.26 Å². The molecule has 0 amide bonds. The second-order valence-electron chi connectivity index (χ2n) is 2.79. The fourth-order valence-corrected chi connectivity index (χ4v) is 2.02. The number of benzene rings is 1. The van der Waals surface area contributed by atoms with Gasteiger partial charge in [0.1, 0.15) is 0 Å². The molecule has 0 heterocycles. The molecule has 14 heavy (non-hydrogen) atoms. The number of rotatable bonds is 2. The van der Waals surface area contributed by atoms with E-state index in [-0.39, 0.29) is 9.79 Å². The molecule has 0 radical (unpaired) electrons. The maximum absolute atomic E-state index is 11.0. The topological polar surface area (TPSA) is 94.3 Å². The molecule has 0 aliphatic rings. The number of hydrogen-bond acceptors (Lipinski definition) is 4. The Labute approximate surface area is 82.5 Å². The van der Waals surface area contributed by atoms with Crippen LogP contribution in [0.4, 0.5) is 0 Å². The van der Waals surface area contributed by atoms with Crippen LogP contribution in [-0.4, -0.2) is 23.1 Å². The highest BCUT2D eigenvalue weighted by atomic mass is 32.2. The molecule has 0 atom stereocenters. The third-order valence-electron chi connectivity index (χ3n) is 1.58. The van der Waals surface area contributed by atoms with Crippen LogP contribution in [0.5, 0.6) is 0 Å². The van der Waals surface area contributed by atoms with E-state index in [2.05, 4.69) is 0 Å². The van der Waals surface area contributed by atoms with Crippen molar-refractivity contribution in [3.8, 4) is 0 Å². The molecule has 0 fully saturated rings. The standard InChI is InChI=1S/C7H9NO4S2/c1-13(9,10)6-2-4-7(5-3-6)14(8,11)12/h2-5H,1H3,(H2,8,11,12). The van der Waals surface area contributed by atoms with Crippen molar-refractivity contribution >= 4 is 19.9 Å². The molecular formula is C7H9NO4S2. The molecule has 0 bridgehead atoms. The summed E-state index contributed by atoms with van der Waals surface area (Å²) in [6, 6.07) is 4.72. The zero-order chi connectivity index (χ0) is 11.0. The Morgan fingerprint density at radius 1 is 0.929 bits per heavy atom. The summed E-state index contributed by atoms with van der Waals surface area (Å²) in [6.07, 6.45) is 1.04. The van der Waals surface area contributed by atoms with E-state index in [4.69, 9.17) is 5.14 Å². The molecule has 0 aromatic heterocycles. The van der Waals surface area contributed by atoms with E-state index in [0.29, 0.717) is 0 Å². The number of primary sulfonamides is 1. The molecule has 2 N–H and O–H groups in total. The first-order valence-electron chi connectivity index (χ1n) is 3.54. The number of sulfone groups is 1. The summed E-state index contributed by atoms with van der Waals surface area (Å²) in [6.45, 7) is 0. The van der Waals surface area contributed by atoms with Gasteiger partial charge in [0.15, 0.2) is 9.84 Å². The van der Waals surface area contributed by atoms with Gasteiger partial charge in [-0.25, -0.2) is 22.0 Å². The lowest BCUT2D eigenvalue weighted by Gasteiger charge is -1.99. The van der Waals surface area contributed by atoms with E-state index in [9.17, 15) is 16.8 Å². The lowest BCUT2D eigenvalue weighted by molar-refractivity contribution is 0.595. The molecule has 0 saturated carbocycles. The molecule has 0 unspecified atom stereocenters. The molecule has 1 aromatic rings. The molecule has 78 valence electrons. The van der Waals surface area contributed by atoms with E-state index in [1.54, 1.807) is 0 Å². The van der Waals surface area contributed by atoms with Crippen LogP contribution in [0.25, 0.3) is 0 Å². The lowest BCUT2D eigenvalue weighted by Crippen LogP contribution is -2.12. The van der Waals surface area contributed by atoms with Gasteiger partial charge in [-0.3, -0.25) is 0 Å². The zero-order valence-corrected chi connectivity index (χ0v) is 8.97. The monoisotopic (exact) mass is 235 g/mol. The van der Waals surface area contributed by atoms with Crippen molar-refractivity contribution < 1.29 is 16.8 Å². The van der Waals surface area contributed by atoms with E-state index in [1.165, 1.54) is 12.1 Å². The van der Waals surface area contributed by atoms with Gasteiger partial charge in [0.2, 0.25) is 10.0 Å². The second-order valence-corrected chi connectivity index (χ2v) is 6.37. The maximum atomic E-state index is 11.0. The summed E-state index contributed by atoms with van der Waals surface area (Å²) in [4.78, 5) is -0.0465. The summed E-state index contributed by atoms with van der Waals surface area (Å²) in [5.41, 5.74) is 0. The molecule has 1 rings (SSSR count). The third kappa shape index (κ3) is 2.53. The normalized spacial score (nSPS) is 12.7. The van der Waals surface area contributed by atoms with Crippen LogP contribution in [0.1, 0.15) is 0 Å². The van der Waals surface area contributed by atoms with E-state index >= 15 is 0 Å². The van der Waals surface area contributed by atoms with Gasteiger partial charge in [-0.1, -0.05) is 0 Å². The highest BCUT2D eigenvalue weighted by molar-refractivity contribution is 7.90. The van der Waals surface area contributed by atoms with E-state index in [0.717, 1.165) is 18.4 Å². The first-order valence-corrected chi connectivity index (χ1v) is 6.98. The van der Waals surface area contributed by atoms with Gasteiger partial charge in [-0.15, -0.1) is 0 Å². The Morgan fingerprint density at radius 2 is 1.29 bits per heavy atom. The summed E-state index contributed by atoms with van der Waals surface area (Å²) >= 11 is 0. The van der Waals surface area contributed by atoms with Crippen LogP contribution >= 0.6 is 0 Å². The zero-order valence-electron chi connectivity index (χ0n) is 7.34. The minimum atomic E-state index is -3.76. The van der Waals surface area contributed by atoms with Gasteiger partial charge in [0.05, 0.1) is 9.79 Å². The molecule has 0 saturated heterocycles. The smallest absolute Gasteiger partial charge is 0.225 e. The number of nitrogens with two attached hydrogens (primary N) is 1. The van der Waals surface area contributed by atoms with Crippen LogP contribution in [0.3, 0.4) is 0 Å². The Kier molecular flexibility index (Phi) is 2.66. The maximum Gasteiger partial charge on any atom is 0.238 e. The van der Waals surface area contributed by atoms with Gasteiger partial charge >= 0.3 is 0 Å². The highest BCUT2D eigenvalue weighted by Crippen LogP contribution is 2.12. The molecule has 0 aliphatic carbocycles.